The van der Waals surface area contributed by atoms with Crippen LogP contribution in [0.25, 0.3) is 11.6 Å². The fourth-order valence-electron chi connectivity index (χ4n) is 2.76. The molecule has 0 spiro atoms. The number of nitrogens with zero attached hydrogens (tertiary/aromatic N) is 3. The number of benzene rings is 1. The van der Waals surface area contributed by atoms with Gasteiger partial charge in [-0.2, -0.15) is 18.2 Å². The van der Waals surface area contributed by atoms with E-state index in [0.29, 0.717) is 23.0 Å². The molecule has 1 aliphatic heterocycles. The second kappa shape index (κ2) is 6.84. The van der Waals surface area contributed by atoms with Crippen molar-refractivity contribution in [2.24, 2.45) is 4.99 Å². The molecule has 0 atom stereocenters. The van der Waals surface area contributed by atoms with Crippen LogP contribution in [0.4, 0.5) is 24.9 Å². The molecule has 0 unspecified atom stereocenters. The van der Waals surface area contributed by atoms with Crippen LogP contribution in [0.2, 0.25) is 0 Å². The van der Waals surface area contributed by atoms with Crippen molar-refractivity contribution in [1.82, 2.24) is 15.0 Å². The normalized spacial score (nSPS) is 14.5. The molecule has 4 rings (SSSR count). The van der Waals surface area contributed by atoms with Gasteiger partial charge in [-0.25, -0.2) is 9.98 Å². The number of aromatic hydroxyl groups is 1. The highest BCUT2D eigenvalue weighted by molar-refractivity contribution is 6.20. The van der Waals surface area contributed by atoms with Gasteiger partial charge in [-0.1, -0.05) is 12.1 Å². The van der Waals surface area contributed by atoms with Gasteiger partial charge < -0.3 is 15.4 Å². The van der Waals surface area contributed by atoms with E-state index in [2.05, 4.69) is 25.3 Å². The third-order valence-corrected chi connectivity index (χ3v) is 4.18. The summed E-state index contributed by atoms with van der Waals surface area (Å²) in [6.45, 7) is 0.245. The molecule has 1 aromatic carbocycles. The fraction of sp³-hybridized carbons (Fsp3) is 0.105. The quantitative estimate of drug-likeness (QED) is 0.621. The summed E-state index contributed by atoms with van der Waals surface area (Å²) in [5, 5.41) is 13.0. The number of hydrogen-bond donors (Lipinski definition) is 3. The molecule has 1 aliphatic rings. The summed E-state index contributed by atoms with van der Waals surface area (Å²) in [5.74, 6) is 0.701. The largest absolute Gasteiger partial charge is 0.492 e. The maximum absolute atomic E-state index is 12.6. The Kier molecular flexibility index (Phi) is 4.34. The molecule has 0 saturated carbocycles. The summed E-state index contributed by atoms with van der Waals surface area (Å²) < 4.78 is 37.8. The lowest BCUT2D eigenvalue weighted by atomic mass is 10.1. The second-order valence-electron chi connectivity index (χ2n) is 6.10. The number of H-pyrrole nitrogens is 1. The Bertz CT molecular complexity index is 1070. The van der Waals surface area contributed by atoms with E-state index in [4.69, 9.17) is 0 Å². The molecular weight excluding hydrogens is 371 g/mol. The number of nitrogens with one attached hydrogen (secondary N) is 2. The summed E-state index contributed by atoms with van der Waals surface area (Å²) in [6, 6.07) is 8.50. The Labute approximate surface area is 157 Å². The number of rotatable bonds is 4. The van der Waals surface area contributed by atoms with Gasteiger partial charge in [-0.15, -0.1) is 0 Å². The van der Waals surface area contributed by atoms with Crippen LogP contribution in [0.1, 0.15) is 22.4 Å². The van der Waals surface area contributed by atoms with Crippen molar-refractivity contribution in [3.05, 3.63) is 65.0 Å². The van der Waals surface area contributed by atoms with E-state index in [0.717, 1.165) is 23.3 Å². The van der Waals surface area contributed by atoms with Gasteiger partial charge in [-0.3, -0.25) is 0 Å². The maximum atomic E-state index is 12.6. The van der Waals surface area contributed by atoms with E-state index >= 15 is 0 Å². The van der Waals surface area contributed by atoms with Crippen molar-refractivity contribution in [1.29, 1.82) is 0 Å². The van der Waals surface area contributed by atoms with Gasteiger partial charge in [-0.05, 0) is 35.9 Å². The number of halogens is 3. The molecule has 0 bridgehead atoms. The van der Waals surface area contributed by atoms with Crippen LogP contribution in [0.5, 0.6) is 5.88 Å². The lowest BCUT2D eigenvalue weighted by molar-refractivity contribution is -0.137. The molecule has 0 amide bonds. The minimum absolute atomic E-state index is 0.201. The van der Waals surface area contributed by atoms with Gasteiger partial charge in [0.15, 0.2) is 5.82 Å². The lowest BCUT2D eigenvalue weighted by Crippen LogP contribution is -2.06. The first-order chi connectivity index (χ1) is 13.4. The summed E-state index contributed by atoms with van der Waals surface area (Å²) in [4.78, 5) is 15.3. The number of anilines is 1. The molecule has 142 valence electrons. The molecule has 0 saturated heterocycles. The number of aliphatic imine (C=N–C) groups is 1. The number of alkyl halides is 3. The van der Waals surface area contributed by atoms with Crippen molar-refractivity contribution in [2.75, 3.05) is 5.32 Å². The predicted molar refractivity (Wildman–Crippen MR) is 99.3 cm³/mol. The van der Waals surface area contributed by atoms with Crippen LogP contribution in [0.15, 0.2) is 47.6 Å². The van der Waals surface area contributed by atoms with Crippen LogP contribution in [0.3, 0.4) is 0 Å². The fourth-order valence-corrected chi connectivity index (χ4v) is 2.76. The molecule has 3 aromatic rings. The topological polar surface area (TPSA) is 86.2 Å². The number of allylic oxidation sites excluding steroid dienone is 1. The standard InChI is InChI=1S/C19H14F3N5O/c20-19(21,22)13-5-3-11(4-6-13)9-25-18-26-15(17(28)27-18)8-12-10-24-16-14(12)2-1-7-23-16/h1-8,10,28H,9H2,(H2,25,26,27)/b12-8+. The molecular formula is C19H14F3N5O. The SMILES string of the molecule is Oc1nc(NCc2ccc(C(F)(F)F)cc2)[nH]c1/C=C1\C=Nc2ncccc21. The minimum atomic E-state index is -4.36. The van der Waals surface area contributed by atoms with Crippen molar-refractivity contribution >= 4 is 29.6 Å². The van der Waals surface area contributed by atoms with E-state index in [1.165, 1.54) is 12.1 Å². The van der Waals surface area contributed by atoms with E-state index in [1.807, 2.05) is 6.07 Å². The Hall–Kier alpha value is -3.62. The average molecular weight is 385 g/mol. The number of hydrogen-bond acceptors (Lipinski definition) is 5. The van der Waals surface area contributed by atoms with Crippen LogP contribution in [-0.4, -0.2) is 26.3 Å². The highest BCUT2D eigenvalue weighted by Crippen LogP contribution is 2.32. The van der Waals surface area contributed by atoms with Gasteiger partial charge in [0, 0.05) is 30.1 Å². The Morgan fingerprint density at radius 1 is 1.14 bits per heavy atom. The summed E-state index contributed by atoms with van der Waals surface area (Å²) >= 11 is 0. The molecule has 3 N–H and O–H groups in total. The third kappa shape index (κ3) is 3.59. The van der Waals surface area contributed by atoms with E-state index in [9.17, 15) is 18.3 Å². The molecule has 0 aliphatic carbocycles. The Morgan fingerprint density at radius 3 is 2.68 bits per heavy atom. The monoisotopic (exact) mass is 385 g/mol. The number of aromatic amines is 1. The van der Waals surface area contributed by atoms with Crippen LogP contribution in [-0.2, 0) is 12.7 Å². The number of aromatic nitrogens is 3. The first kappa shape index (κ1) is 17.8. The molecule has 0 fully saturated rings. The summed E-state index contributed by atoms with van der Waals surface area (Å²) in [7, 11) is 0. The van der Waals surface area contributed by atoms with Crippen LogP contribution < -0.4 is 5.32 Å². The first-order valence-electron chi connectivity index (χ1n) is 8.30. The molecule has 3 heterocycles. The van der Waals surface area contributed by atoms with Gasteiger partial charge in [0.2, 0.25) is 11.8 Å². The minimum Gasteiger partial charge on any atom is -0.492 e. The Balaban J connectivity index is 1.47. The van der Waals surface area contributed by atoms with E-state index in [1.54, 1.807) is 24.6 Å². The van der Waals surface area contributed by atoms with Crippen molar-refractivity contribution in [2.45, 2.75) is 12.7 Å². The van der Waals surface area contributed by atoms with Crippen molar-refractivity contribution < 1.29 is 18.3 Å². The third-order valence-electron chi connectivity index (χ3n) is 4.18. The van der Waals surface area contributed by atoms with Gasteiger partial charge in [0.1, 0.15) is 5.69 Å². The van der Waals surface area contributed by atoms with Crippen LogP contribution >= 0.6 is 0 Å². The lowest BCUT2D eigenvalue weighted by Gasteiger charge is -2.08. The number of fused-ring (bicyclic) bond motifs is 1. The molecule has 28 heavy (non-hydrogen) atoms. The average Bonchev–Trinajstić information content (AvgIpc) is 3.24. The van der Waals surface area contributed by atoms with Gasteiger partial charge in [0.25, 0.3) is 0 Å². The maximum Gasteiger partial charge on any atom is 0.416 e. The molecule has 0 radical (unpaired) electrons. The summed E-state index contributed by atoms with van der Waals surface area (Å²) in [5.41, 5.74) is 1.95. The highest BCUT2D eigenvalue weighted by Gasteiger charge is 2.29. The zero-order valence-electron chi connectivity index (χ0n) is 14.3. The molecule has 9 heteroatoms. The van der Waals surface area contributed by atoms with Gasteiger partial charge in [0.05, 0.1) is 5.56 Å². The number of pyridine rings is 1. The number of imidazole rings is 1. The smallest absolute Gasteiger partial charge is 0.416 e. The highest BCUT2D eigenvalue weighted by atomic mass is 19.4. The Morgan fingerprint density at radius 2 is 1.93 bits per heavy atom. The molecule has 6 nitrogen and oxygen atoms in total. The predicted octanol–water partition coefficient (Wildman–Crippen LogP) is 4.40. The van der Waals surface area contributed by atoms with Gasteiger partial charge >= 0.3 is 6.18 Å². The van der Waals surface area contributed by atoms with E-state index in [-0.39, 0.29) is 12.4 Å². The first-order valence-corrected chi connectivity index (χ1v) is 8.30. The summed E-state index contributed by atoms with van der Waals surface area (Å²) in [6.07, 6.45) is 0.630. The zero-order valence-corrected chi connectivity index (χ0v) is 14.3. The van der Waals surface area contributed by atoms with Crippen LogP contribution in [0, 0.1) is 0 Å². The molecule has 2 aromatic heterocycles. The second-order valence-corrected chi connectivity index (χ2v) is 6.10. The van der Waals surface area contributed by atoms with Crippen molar-refractivity contribution in [3.8, 4) is 5.88 Å². The van der Waals surface area contributed by atoms with Crippen molar-refractivity contribution in [3.63, 3.8) is 0 Å². The van der Waals surface area contributed by atoms with E-state index < -0.39 is 11.7 Å². The zero-order chi connectivity index (χ0) is 19.7.